The van der Waals surface area contributed by atoms with E-state index in [4.69, 9.17) is 10.5 Å². The van der Waals surface area contributed by atoms with Gasteiger partial charge in [0.2, 0.25) is 5.91 Å². The van der Waals surface area contributed by atoms with Crippen LogP contribution in [0.5, 0.6) is 5.75 Å². The van der Waals surface area contributed by atoms with Gasteiger partial charge in [-0.1, -0.05) is 18.2 Å². The van der Waals surface area contributed by atoms with Crippen molar-refractivity contribution in [2.75, 3.05) is 7.11 Å². The predicted octanol–water partition coefficient (Wildman–Crippen LogP) is 1.86. The average Bonchev–Trinajstić information content (AvgIpc) is 2.39. The maximum Gasteiger partial charge on any atom is 0.249 e. The van der Waals surface area contributed by atoms with E-state index < -0.39 is 5.91 Å². The Morgan fingerprint density at radius 1 is 1.29 bits per heavy atom. The van der Waals surface area contributed by atoms with E-state index in [9.17, 15) is 4.79 Å². The smallest absolute Gasteiger partial charge is 0.249 e. The monoisotopic (exact) mass is 228 g/mol. The molecular formula is C13H12N2O2. The van der Waals surface area contributed by atoms with Crippen molar-refractivity contribution in [3.05, 3.63) is 48.2 Å². The number of carbonyl (C=O) groups excluding carboxylic acids is 1. The summed E-state index contributed by atoms with van der Waals surface area (Å²) < 4.78 is 5.12. The lowest BCUT2D eigenvalue weighted by Crippen LogP contribution is -2.12. The van der Waals surface area contributed by atoms with E-state index in [1.807, 2.05) is 12.1 Å². The Kier molecular flexibility index (Phi) is 3.05. The molecule has 0 unspecified atom stereocenters. The van der Waals surface area contributed by atoms with Crippen molar-refractivity contribution in [3.8, 4) is 17.0 Å². The van der Waals surface area contributed by atoms with E-state index in [1.54, 1.807) is 37.6 Å². The molecule has 0 aliphatic heterocycles. The molecule has 0 atom stereocenters. The summed E-state index contributed by atoms with van der Waals surface area (Å²) in [7, 11) is 1.58. The average molecular weight is 228 g/mol. The van der Waals surface area contributed by atoms with Crippen LogP contribution in [0.25, 0.3) is 11.3 Å². The van der Waals surface area contributed by atoms with E-state index >= 15 is 0 Å². The Balaban J connectivity index is 2.56. The van der Waals surface area contributed by atoms with Crippen LogP contribution in [0.15, 0.2) is 42.6 Å². The summed E-state index contributed by atoms with van der Waals surface area (Å²) in [6.07, 6.45) is 1.63. The third-order valence-electron chi connectivity index (χ3n) is 2.44. The summed E-state index contributed by atoms with van der Waals surface area (Å²) in [6.45, 7) is 0. The number of benzene rings is 1. The second kappa shape index (κ2) is 4.65. The number of pyridine rings is 1. The molecule has 0 saturated heterocycles. The van der Waals surface area contributed by atoms with Gasteiger partial charge in [0.1, 0.15) is 5.75 Å². The molecule has 0 radical (unpaired) electrons. The molecule has 1 aromatic carbocycles. The Hall–Kier alpha value is -2.36. The molecule has 2 aromatic rings. The molecule has 2 N–H and O–H groups in total. The Morgan fingerprint density at radius 2 is 2.06 bits per heavy atom. The second-order valence-electron chi connectivity index (χ2n) is 3.49. The lowest BCUT2D eigenvalue weighted by atomic mass is 10.0. The maximum atomic E-state index is 11.3. The number of primary amides is 1. The topological polar surface area (TPSA) is 65.2 Å². The van der Waals surface area contributed by atoms with Crippen molar-refractivity contribution >= 4 is 5.91 Å². The molecule has 0 spiro atoms. The Morgan fingerprint density at radius 3 is 2.76 bits per heavy atom. The first-order valence-electron chi connectivity index (χ1n) is 5.11. The van der Waals surface area contributed by atoms with Crippen molar-refractivity contribution in [3.63, 3.8) is 0 Å². The number of amides is 1. The highest BCUT2D eigenvalue weighted by molar-refractivity contribution is 5.99. The second-order valence-corrected chi connectivity index (χ2v) is 3.49. The van der Waals surface area contributed by atoms with Gasteiger partial charge >= 0.3 is 0 Å². The van der Waals surface area contributed by atoms with Crippen LogP contribution in [-0.2, 0) is 0 Å². The minimum Gasteiger partial charge on any atom is -0.497 e. The van der Waals surface area contributed by atoms with Gasteiger partial charge in [0.25, 0.3) is 0 Å². The maximum absolute atomic E-state index is 11.3. The number of methoxy groups -OCH3 is 1. The lowest BCUT2D eigenvalue weighted by molar-refractivity contribution is 0.100. The summed E-state index contributed by atoms with van der Waals surface area (Å²) in [5, 5.41) is 0. The molecule has 0 fully saturated rings. The molecule has 1 heterocycles. The molecule has 1 amide bonds. The van der Waals surface area contributed by atoms with Gasteiger partial charge in [-0.2, -0.15) is 0 Å². The van der Waals surface area contributed by atoms with Crippen molar-refractivity contribution in [2.24, 2.45) is 5.73 Å². The van der Waals surface area contributed by atoms with Crippen molar-refractivity contribution in [1.29, 1.82) is 0 Å². The molecule has 0 aliphatic carbocycles. The first-order valence-corrected chi connectivity index (χ1v) is 5.11. The Bertz CT molecular complexity index is 553. The lowest BCUT2D eigenvalue weighted by Gasteiger charge is -2.07. The normalized spacial score (nSPS) is 9.94. The van der Waals surface area contributed by atoms with Crippen LogP contribution in [0.2, 0.25) is 0 Å². The van der Waals surface area contributed by atoms with Gasteiger partial charge in [-0.3, -0.25) is 9.78 Å². The fourth-order valence-electron chi connectivity index (χ4n) is 1.61. The molecule has 0 bridgehead atoms. The SMILES string of the molecule is COc1ccnc(-c2ccccc2C(N)=O)c1. The molecule has 0 saturated carbocycles. The van der Waals surface area contributed by atoms with Crippen LogP contribution < -0.4 is 10.5 Å². The summed E-state index contributed by atoms with van der Waals surface area (Å²) >= 11 is 0. The molecule has 17 heavy (non-hydrogen) atoms. The highest BCUT2D eigenvalue weighted by atomic mass is 16.5. The van der Waals surface area contributed by atoms with Crippen molar-refractivity contribution in [1.82, 2.24) is 4.98 Å². The standard InChI is InChI=1S/C13H12N2O2/c1-17-9-6-7-15-12(8-9)10-4-2-3-5-11(10)13(14)16/h2-8H,1H3,(H2,14,16). The number of aromatic nitrogens is 1. The van der Waals surface area contributed by atoms with Crippen molar-refractivity contribution in [2.45, 2.75) is 0 Å². The first-order chi connectivity index (χ1) is 8.22. The summed E-state index contributed by atoms with van der Waals surface area (Å²) in [6, 6.07) is 10.6. The van der Waals surface area contributed by atoms with E-state index in [1.165, 1.54) is 0 Å². The van der Waals surface area contributed by atoms with Gasteiger partial charge in [0, 0.05) is 23.4 Å². The number of rotatable bonds is 3. The highest BCUT2D eigenvalue weighted by Gasteiger charge is 2.10. The molecular weight excluding hydrogens is 216 g/mol. The van der Waals surface area contributed by atoms with Gasteiger partial charge in [-0.25, -0.2) is 0 Å². The van der Waals surface area contributed by atoms with E-state index in [2.05, 4.69) is 4.98 Å². The van der Waals surface area contributed by atoms with Crippen LogP contribution in [0.4, 0.5) is 0 Å². The van der Waals surface area contributed by atoms with Gasteiger partial charge in [0.05, 0.1) is 12.8 Å². The number of nitrogens with zero attached hydrogens (tertiary/aromatic N) is 1. The van der Waals surface area contributed by atoms with Crippen LogP contribution in [0.3, 0.4) is 0 Å². The molecule has 4 heteroatoms. The third kappa shape index (κ3) is 2.25. The largest absolute Gasteiger partial charge is 0.497 e. The van der Waals surface area contributed by atoms with Gasteiger partial charge < -0.3 is 10.5 Å². The van der Waals surface area contributed by atoms with Crippen LogP contribution in [0, 0.1) is 0 Å². The number of hydrogen-bond donors (Lipinski definition) is 1. The quantitative estimate of drug-likeness (QED) is 0.871. The number of hydrogen-bond acceptors (Lipinski definition) is 3. The van der Waals surface area contributed by atoms with Crippen LogP contribution >= 0.6 is 0 Å². The minimum atomic E-state index is -0.467. The van der Waals surface area contributed by atoms with Gasteiger partial charge in [-0.05, 0) is 12.1 Å². The number of carbonyl (C=O) groups is 1. The molecule has 1 aromatic heterocycles. The zero-order valence-electron chi connectivity index (χ0n) is 9.38. The zero-order valence-corrected chi connectivity index (χ0v) is 9.38. The third-order valence-corrected chi connectivity index (χ3v) is 2.44. The van der Waals surface area contributed by atoms with Crippen LogP contribution in [-0.4, -0.2) is 18.0 Å². The van der Waals surface area contributed by atoms with E-state index in [0.29, 0.717) is 22.6 Å². The minimum absolute atomic E-state index is 0.452. The molecule has 0 aliphatic rings. The van der Waals surface area contributed by atoms with E-state index in [-0.39, 0.29) is 0 Å². The van der Waals surface area contributed by atoms with Gasteiger partial charge in [0.15, 0.2) is 0 Å². The van der Waals surface area contributed by atoms with Gasteiger partial charge in [-0.15, -0.1) is 0 Å². The fraction of sp³-hybridized carbons (Fsp3) is 0.0769. The summed E-state index contributed by atoms with van der Waals surface area (Å²) in [5.41, 5.74) is 7.15. The molecule has 2 rings (SSSR count). The number of nitrogens with two attached hydrogens (primary N) is 1. The summed E-state index contributed by atoms with van der Waals surface area (Å²) in [4.78, 5) is 15.5. The van der Waals surface area contributed by atoms with Crippen molar-refractivity contribution < 1.29 is 9.53 Å². The Labute approximate surface area is 99.1 Å². The predicted molar refractivity (Wildman–Crippen MR) is 64.7 cm³/mol. The van der Waals surface area contributed by atoms with Crippen LogP contribution in [0.1, 0.15) is 10.4 Å². The highest BCUT2D eigenvalue weighted by Crippen LogP contribution is 2.24. The zero-order chi connectivity index (χ0) is 12.3. The fourth-order valence-corrected chi connectivity index (χ4v) is 1.61. The number of ether oxygens (including phenoxy) is 1. The molecule has 4 nitrogen and oxygen atoms in total. The first kappa shape index (κ1) is 11.1. The molecule has 86 valence electrons. The summed E-state index contributed by atoms with van der Waals surface area (Å²) in [5.74, 6) is 0.222. The van der Waals surface area contributed by atoms with E-state index in [0.717, 1.165) is 0 Å².